The number of methoxy groups -OCH3 is 2. The molecular weight excluding hydrogens is 364 g/mol. The van der Waals surface area contributed by atoms with Crippen molar-refractivity contribution in [2.24, 2.45) is 0 Å². The molecule has 0 saturated carbocycles. The standard InChI is InChI=1S/C23H28N4O2/c1-27(2)15-7-14-24-23-18-8-5-6-9-19(18)25-22(26-23)13-11-17-10-12-20(28-3)21(16-17)29-4/h5-6,8-13,16H,7,14-15H2,1-4H3,(H,24,25,26)/b13-11+. The van der Waals surface area contributed by atoms with Gasteiger partial charge in [0.25, 0.3) is 0 Å². The quantitative estimate of drug-likeness (QED) is 0.551. The van der Waals surface area contributed by atoms with Crippen LogP contribution < -0.4 is 14.8 Å². The largest absolute Gasteiger partial charge is 0.493 e. The molecule has 0 amide bonds. The molecule has 6 nitrogen and oxygen atoms in total. The van der Waals surface area contributed by atoms with Gasteiger partial charge in [0.1, 0.15) is 5.82 Å². The van der Waals surface area contributed by atoms with Crippen LogP contribution in [0.5, 0.6) is 11.5 Å². The number of nitrogens with one attached hydrogen (secondary N) is 1. The Bertz CT molecular complexity index is 986. The fourth-order valence-corrected chi connectivity index (χ4v) is 3.03. The molecule has 1 heterocycles. The second kappa shape index (κ2) is 9.89. The Morgan fingerprint density at radius 1 is 0.966 bits per heavy atom. The van der Waals surface area contributed by atoms with E-state index in [1.54, 1.807) is 14.2 Å². The summed E-state index contributed by atoms with van der Waals surface area (Å²) in [6, 6.07) is 13.8. The number of nitrogens with zero attached hydrogens (tertiary/aromatic N) is 3. The molecule has 3 rings (SSSR count). The molecular formula is C23H28N4O2. The monoisotopic (exact) mass is 392 g/mol. The number of hydrogen-bond acceptors (Lipinski definition) is 6. The minimum Gasteiger partial charge on any atom is -0.493 e. The maximum Gasteiger partial charge on any atom is 0.161 e. The lowest BCUT2D eigenvalue weighted by Gasteiger charge is -2.12. The summed E-state index contributed by atoms with van der Waals surface area (Å²) >= 11 is 0. The molecule has 0 saturated heterocycles. The van der Waals surface area contributed by atoms with Gasteiger partial charge in [0.2, 0.25) is 0 Å². The van der Waals surface area contributed by atoms with Crippen LogP contribution in [0, 0.1) is 0 Å². The molecule has 0 aliphatic rings. The second-order valence-electron chi connectivity index (χ2n) is 6.98. The number of benzene rings is 2. The van der Waals surface area contributed by atoms with E-state index >= 15 is 0 Å². The summed E-state index contributed by atoms with van der Waals surface area (Å²) in [4.78, 5) is 11.6. The number of aromatic nitrogens is 2. The van der Waals surface area contributed by atoms with Gasteiger partial charge in [-0.3, -0.25) is 0 Å². The zero-order valence-corrected chi connectivity index (χ0v) is 17.5. The molecule has 152 valence electrons. The number of hydrogen-bond donors (Lipinski definition) is 1. The van der Waals surface area contributed by atoms with Gasteiger partial charge in [0.05, 0.1) is 19.7 Å². The minimum absolute atomic E-state index is 0.661. The van der Waals surface area contributed by atoms with Crippen molar-refractivity contribution in [2.45, 2.75) is 6.42 Å². The summed E-state index contributed by atoms with van der Waals surface area (Å²) in [5, 5.41) is 4.50. The molecule has 0 aliphatic carbocycles. The molecule has 0 radical (unpaired) electrons. The van der Waals surface area contributed by atoms with E-state index in [0.717, 1.165) is 41.8 Å². The van der Waals surface area contributed by atoms with Crippen molar-refractivity contribution < 1.29 is 9.47 Å². The third-order valence-electron chi connectivity index (χ3n) is 4.53. The average molecular weight is 393 g/mol. The van der Waals surface area contributed by atoms with E-state index < -0.39 is 0 Å². The van der Waals surface area contributed by atoms with Crippen LogP contribution >= 0.6 is 0 Å². The van der Waals surface area contributed by atoms with Crippen molar-refractivity contribution in [1.82, 2.24) is 14.9 Å². The van der Waals surface area contributed by atoms with Crippen LogP contribution in [0.15, 0.2) is 42.5 Å². The predicted molar refractivity (Wildman–Crippen MR) is 120 cm³/mol. The lowest BCUT2D eigenvalue weighted by Crippen LogP contribution is -2.16. The van der Waals surface area contributed by atoms with Crippen molar-refractivity contribution in [3.05, 3.63) is 53.9 Å². The van der Waals surface area contributed by atoms with E-state index in [-0.39, 0.29) is 0 Å². The third kappa shape index (κ3) is 5.45. The highest BCUT2D eigenvalue weighted by molar-refractivity contribution is 5.90. The van der Waals surface area contributed by atoms with Crippen LogP contribution in [0.3, 0.4) is 0 Å². The lowest BCUT2D eigenvalue weighted by molar-refractivity contribution is 0.355. The van der Waals surface area contributed by atoms with Gasteiger partial charge in [-0.15, -0.1) is 0 Å². The van der Waals surface area contributed by atoms with Crippen LogP contribution in [0.2, 0.25) is 0 Å². The number of fused-ring (bicyclic) bond motifs is 1. The zero-order chi connectivity index (χ0) is 20.6. The Morgan fingerprint density at radius 2 is 1.76 bits per heavy atom. The first-order valence-corrected chi connectivity index (χ1v) is 9.66. The van der Waals surface area contributed by atoms with Crippen LogP contribution in [0.1, 0.15) is 17.8 Å². The van der Waals surface area contributed by atoms with Gasteiger partial charge < -0.3 is 19.7 Å². The molecule has 0 spiro atoms. The molecule has 0 atom stereocenters. The predicted octanol–water partition coefficient (Wildman–Crippen LogP) is 4.18. The van der Waals surface area contributed by atoms with Crippen LogP contribution in [-0.4, -0.2) is 56.3 Å². The van der Waals surface area contributed by atoms with Gasteiger partial charge in [-0.05, 0) is 63.0 Å². The maximum atomic E-state index is 5.37. The van der Waals surface area contributed by atoms with E-state index in [2.05, 4.69) is 29.3 Å². The molecule has 0 unspecified atom stereocenters. The first-order chi connectivity index (χ1) is 14.1. The minimum atomic E-state index is 0.661. The van der Waals surface area contributed by atoms with Gasteiger partial charge >= 0.3 is 0 Å². The molecule has 6 heteroatoms. The van der Waals surface area contributed by atoms with Crippen molar-refractivity contribution in [1.29, 1.82) is 0 Å². The fraction of sp³-hybridized carbons (Fsp3) is 0.304. The summed E-state index contributed by atoms with van der Waals surface area (Å²) in [5.41, 5.74) is 1.91. The SMILES string of the molecule is COc1ccc(/C=C/c2nc(NCCCN(C)C)c3ccccc3n2)cc1OC. The van der Waals surface area contributed by atoms with Crippen molar-refractivity contribution in [3.63, 3.8) is 0 Å². The van der Waals surface area contributed by atoms with Gasteiger partial charge in [0.15, 0.2) is 17.3 Å². The smallest absolute Gasteiger partial charge is 0.161 e. The Morgan fingerprint density at radius 3 is 2.52 bits per heavy atom. The van der Waals surface area contributed by atoms with Crippen LogP contribution in [-0.2, 0) is 0 Å². The zero-order valence-electron chi connectivity index (χ0n) is 17.5. The lowest BCUT2D eigenvalue weighted by atomic mass is 10.2. The highest BCUT2D eigenvalue weighted by atomic mass is 16.5. The summed E-state index contributed by atoms with van der Waals surface area (Å²) in [6.07, 6.45) is 4.93. The number of anilines is 1. The van der Waals surface area contributed by atoms with Crippen LogP contribution in [0.25, 0.3) is 23.1 Å². The van der Waals surface area contributed by atoms with Gasteiger partial charge in [0, 0.05) is 11.9 Å². The highest BCUT2D eigenvalue weighted by Crippen LogP contribution is 2.28. The topological polar surface area (TPSA) is 59.5 Å². The third-order valence-corrected chi connectivity index (χ3v) is 4.53. The summed E-state index contributed by atoms with van der Waals surface area (Å²) in [6.45, 7) is 1.89. The van der Waals surface area contributed by atoms with E-state index in [9.17, 15) is 0 Å². The van der Waals surface area contributed by atoms with Crippen molar-refractivity contribution in [2.75, 3.05) is 46.7 Å². The number of para-hydroxylation sites is 1. The van der Waals surface area contributed by atoms with Crippen molar-refractivity contribution in [3.8, 4) is 11.5 Å². The molecule has 2 aromatic carbocycles. The fourth-order valence-electron chi connectivity index (χ4n) is 3.03. The highest BCUT2D eigenvalue weighted by Gasteiger charge is 2.07. The molecule has 0 bridgehead atoms. The second-order valence-corrected chi connectivity index (χ2v) is 6.98. The normalized spacial score (nSPS) is 11.3. The Labute approximate surface area is 172 Å². The molecule has 1 aromatic heterocycles. The number of rotatable bonds is 9. The van der Waals surface area contributed by atoms with E-state index in [0.29, 0.717) is 17.3 Å². The van der Waals surface area contributed by atoms with Crippen LogP contribution in [0.4, 0.5) is 5.82 Å². The Hall–Kier alpha value is -3.12. The van der Waals surface area contributed by atoms with Gasteiger partial charge in [-0.2, -0.15) is 0 Å². The first kappa shape index (κ1) is 20.6. The van der Waals surface area contributed by atoms with E-state index in [4.69, 9.17) is 14.5 Å². The van der Waals surface area contributed by atoms with Crippen molar-refractivity contribution >= 4 is 28.9 Å². The molecule has 3 aromatic rings. The Kier molecular flexibility index (Phi) is 7.03. The summed E-state index contributed by atoms with van der Waals surface area (Å²) in [7, 11) is 7.42. The molecule has 0 aliphatic heterocycles. The molecule has 1 N–H and O–H groups in total. The number of ether oxygens (including phenoxy) is 2. The molecule has 29 heavy (non-hydrogen) atoms. The average Bonchev–Trinajstić information content (AvgIpc) is 2.74. The Balaban J connectivity index is 1.84. The summed E-state index contributed by atoms with van der Waals surface area (Å²) in [5.74, 6) is 2.92. The van der Waals surface area contributed by atoms with Gasteiger partial charge in [-0.25, -0.2) is 9.97 Å². The summed E-state index contributed by atoms with van der Waals surface area (Å²) < 4.78 is 10.7. The maximum absolute atomic E-state index is 5.37. The van der Waals surface area contributed by atoms with E-state index in [1.165, 1.54) is 0 Å². The first-order valence-electron chi connectivity index (χ1n) is 9.66. The van der Waals surface area contributed by atoms with Gasteiger partial charge in [-0.1, -0.05) is 24.3 Å². The van der Waals surface area contributed by atoms with E-state index in [1.807, 2.05) is 54.6 Å². The molecule has 0 fully saturated rings.